The number of amides is 1. The average molecular weight is 388 g/mol. The molecule has 0 unspecified atom stereocenters. The topological polar surface area (TPSA) is 92.8 Å². The Hall–Kier alpha value is -0.620. The number of alkyl halides is 1. The molecule has 5 atom stereocenters. The van der Waals surface area contributed by atoms with Crippen LogP contribution in [0.3, 0.4) is 0 Å². The molecule has 0 spiro atoms. The fourth-order valence-electron chi connectivity index (χ4n) is 4.53. The number of rotatable bonds is 10. The van der Waals surface area contributed by atoms with Crippen molar-refractivity contribution >= 4 is 17.5 Å². The second kappa shape index (κ2) is 11.3. The highest BCUT2D eigenvalue weighted by molar-refractivity contribution is 6.21. The van der Waals surface area contributed by atoms with Gasteiger partial charge in [-0.2, -0.15) is 0 Å². The maximum Gasteiger partial charge on any atom is 0.243 e. The normalized spacial score (nSPS) is 31.5. The fourth-order valence-corrected chi connectivity index (χ4v) is 5.00. The summed E-state index contributed by atoms with van der Waals surface area (Å²) >= 11 is 6.46. The molecule has 150 valence electrons. The van der Waals surface area contributed by atoms with E-state index in [-0.39, 0.29) is 36.0 Å². The van der Waals surface area contributed by atoms with Gasteiger partial charge < -0.3 is 20.7 Å². The van der Waals surface area contributed by atoms with Crippen LogP contribution in [0, 0.1) is 17.8 Å². The Kier molecular flexibility index (Phi) is 9.40. The molecule has 4 N–H and O–H groups in total. The minimum Gasteiger partial charge on any atom is -0.393 e. The third-order valence-corrected chi connectivity index (χ3v) is 6.50. The molecular formula is C20H34ClNO4. The highest BCUT2D eigenvalue weighted by Crippen LogP contribution is 2.42. The Bertz CT molecular complexity index is 453. The minimum atomic E-state index is -0.477. The van der Waals surface area contributed by atoms with E-state index in [1.165, 1.54) is 19.3 Å². The molecule has 0 aromatic carbocycles. The van der Waals surface area contributed by atoms with Crippen LogP contribution in [-0.2, 0) is 9.53 Å². The lowest BCUT2D eigenvalue weighted by Gasteiger charge is -2.29. The number of primary amides is 1. The molecule has 0 bridgehead atoms. The highest BCUT2D eigenvalue weighted by atomic mass is 35.5. The van der Waals surface area contributed by atoms with Gasteiger partial charge in [0.1, 0.15) is 6.61 Å². The number of carbonyl (C=O) groups excluding carboxylic acids is 1. The largest absolute Gasteiger partial charge is 0.393 e. The van der Waals surface area contributed by atoms with Crippen LogP contribution in [0.4, 0.5) is 0 Å². The van der Waals surface area contributed by atoms with Crippen LogP contribution in [0.1, 0.15) is 57.8 Å². The van der Waals surface area contributed by atoms with Gasteiger partial charge in [-0.1, -0.05) is 31.4 Å². The van der Waals surface area contributed by atoms with Crippen LogP contribution in [0.15, 0.2) is 12.2 Å². The van der Waals surface area contributed by atoms with Gasteiger partial charge in [-0.15, -0.1) is 11.6 Å². The summed E-state index contributed by atoms with van der Waals surface area (Å²) in [7, 11) is 0. The molecule has 0 aliphatic heterocycles. The van der Waals surface area contributed by atoms with Gasteiger partial charge in [-0.3, -0.25) is 4.79 Å². The summed E-state index contributed by atoms with van der Waals surface area (Å²) in [5, 5.41) is 20.9. The van der Waals surface area contributed by atoms with Crippen LogP contribution in [-0.4, -0.2) is 46.9 Å². The molecule has 0 aromatic rings. The van der Waals surface area contributed by atoms with Crippen molar-refractivity contribution in [3.63, 3.8) is 0 Å². The summed E-state index contributed by atoms with van der Waals surface area (Å²) in [6.45, 7) is 0.266. The number of halogens is 1. The zero-order valence-electron chi connectivity index (χ0n) is 15.6. The standard InChI is InChI=1S/C20H34ClNO4/c21-17-12-19(24)16(9-10-18(23)14-6-2-1-3-7-14)15(17)8-4-5-11-26-13-20(22)25/h4-5,14-19,23-24H,1-3,6-13H2,(H2,22,25)/b5-4-/t15-,16-,17-,18-,19-/m1/s1. The fraction of sp³-hybridized carbons (Fsp3) is 0.850. The van der Waals surface area contributed by atoms with Gasteiger partial charge in [0, 0.05) is 5.38 Å². The molecule has 6 heteroatoms. The lowest BCUT2D eigenvalue weighted by Crippen LogP contribution is -2.26. The SMILES string of the molecule is NC(=O)COC/C=C\C[C@@H]1[C@@H](CC[C@@H](O)C2CCCCC2)[C@H](O)C[C@H]1Cl. The molecule has 0 heterocycles. The van der Waals surface area contributed by atoms with E-state index < -0.39 is 5.91 Å². The van der Waals surface area contributed by atoms with E-state index in [0.29, 0.717) is 18.9 Å². The van der Waals surface area contributed by atoms with Gasteiger partial charge in [0.15, 0.2) is 0 Å². The number of carbonyl (C=O) groups is 1. The van der Waals surface area contributed by atoms with E-state index in [0.717, 1.165) is 32.1 Å². The van der Waals surface area contributed by atoms with Crippen molar-refractivity contribution in [2.24, 2.45) is 23.5 Å². The van der Waals surface area contributed by atoms with Crippen LogP contribution >= 0.6 is 11.6 Å². The Morgan fingerprint density at radius 1 is 1.23 bits per heavy atom. The van der Waals surface area contributed by atoms with Crippen LogP contribution in [0.25, 0.3) is 0 Å². The van der Waals surface area contributed by atoms with E-state index in [1.807, 2.05) is 12.2 Å². The Labute approximate surface area is 161 Å². The van der Waals surface area contributed by atoms with E-state index in [9.17, 15) is 15.0 Å². The van der Waals surface area contributed by atoms with Gasteiger partial charge in [0.25, 0.3) is 0 Å². The monoisotopic (exact) mass is 387 g/mol. The first kappa shape index (κ1) is 21.7. The van der Waals surface area contributed by atoms with Gasteiger partial charge in [-0.05, 0) is 56.3 Å². The molecule has 2 aliphatic rings. The predicted molar refractivity (Wildman–Crippen MR) is 103 cm³/mol. The van der Waals surface area contributed by atoms with Gasteiger partial charge in [0.05, 0.1) is 18.8 Å². The zero-order valence-corrected chi connectivity index (χ0v) is 16.3. The molecule has 5 nitrogen and oxygen atoms in total. The zero-order chi connectivity index (χ0) is 18.9. The number of aliphatic hydroxyl groups excluding tert-OH is 2. The van der Waals surface area contributed by atoms with Crippen molar-refractivity contribution in [1.29, 1.82) is 0 Å². The second-order valence-corrected chi connectivity index (χ2v) is 8.44. The molecule has 2 rings (SSSR count). The number of nitrogens with two attached hydrogens (primary N) is 1. The molecule has 1 amide bonds. The quantitative estimate of drug-likeness (QED) is 0.305. The molecule has 0 radical (unpaired) electrons. The third-order valence-electron chi connectivity index (χ3n) is 6.00. The number of ether oxygens (including phenoxy) is 1. The van der Waals surface area contributed by atoms with Crippen molar-refractivity contribution in [3.8, 4) is 0 Å². The summed E-state index contributed by atoms with van der Waals surface area (Å²) in [4.78, 5) is 10.6. The smallest absolute Gasteiger partial charge is 0.243 e. The highest BCUT2D eigenvalue weighted by Gasteiger charge is 2.40. The molecule has 0 saturated heterocycles. The van der Waals surface area contributed by atoms with Crippen LogP contribution < -0.4 is 5.73 Å². The number of allylic oxidation sites excluding steroid dienone is 1. The van der Waals surface area contributed by atoms with Crippen molar-refractivity contribution in [3.05, 3.63) is 12.2 Å². The summed E-state index contributed by atoms with van der Waals surface area (Å²) in [5.41, 5.74) is 5.02. The molecule has 2 saturated carbocycles. The third kappa shape index (κ3) is 6.84. The van der Waals surface area contributed by atoms with Crippen molar-refractivity contribution in [2.75, 3.05) is 13.2 Å². The average Bonchev–Trinajstić information content (AvgIpc) is 2.89. The van der Waals surface area contributed by atoms with Gasteiger partial charge in [0.2, 0.25) is 5.91 Å². The maximum absolute atomic E-state index is 10.6. The minimum absolute atomic E-state index is 0.0435. The van der Waals surface area contributed by atoms with Gasteiger partial charge in [-0.25, -0.2) is 0 Å². The van der Waals surface area contributed by atoms with Crippen LogP contribution in [0.5, 0.6) is 0 Å². The van der Waals surface area contributed by atoms with E-state index in [1.54, 1.807) is 0 Å². The summed E-state index contributed by atoms with van der Waals surface area (Å²) in [6, 6.07) is 0. The number of aliphatic hydroxyl groups is 2. The van der Waals surface area contributed by atoms with E-state index in [2.05, 4.69) is 0 Å². The molecular weight excluding hydrogens is 354 g/mol. The summed E-state index contributed by atoms with van der Waals surface area (Å²) in [5.74, 6) is 0.286. The Balaban J connectivity index is 1.77. The Morgan fingerprint density at radius 3 is 2.65 bits per heavy atom. The van der Waals surface area contributed by atoms with E-state index in [4.69, 9.17) is 22.1 Å². The molecule has 0 aromatic heterocycles. The lowest BCUT2D eigenvalue weighted by atomic mass is 9.81. The first-order valence-electron chi connectivity index (χ1n) is 10.00. The molecule has 2 aliphatic carbocycles. The first-order chi connectivity index (χ1) is 12.5. The Morgan fingerprint density at radius 2 is 1.96 bits per heavy atom. The van der Waals surface area contributed by atoms with E-state index >= 15 is 0 Å². The first-order valence-corrected chi connectivity index (χ1v) is 10.4. The van der Waals surface area contributed by atoms with Crippen molar-refractivity contribution in [1.82, 2.24) is 0 Å². The van der Waals surface area contributed by atoms with Crippen molar-refractivity contribution < 1.29 is 19.7 Å². The van der Waals surface area contributed by atoms with Crippen LogP contribution in [0.2, 0.25) is 0 Å². The number of hydrogen-bond acceptors (Lipinski definition) is 4. The number of hydrogen-bond donors (Lipinski definition) is 3. The molecule has 2 fully saturated rings. The molecule has 26 heavy (non-hydrogen) atoms. The summed E-state index contributed by atoms with van der Waals surface area (Å²) < 4.78 is 5.10. The second-order valence-electron chi connectivity index (χ2n) is 7.88. The predicted octanol–water partition coefficient (Wildman–Crippen LogP) is 2.76. The van der Waals surface area contributed by atoms with Gasteiger partial charge >= 0.3 is 0 Å². The summed E-state index contributed by atoms with van der Waals surface area (Å²) in [6.07, 6.45) is 12.2. The van der Waals surface area contributed by atoms with Crippen molar-refractivity contribution in [2.45, 2.75) is 75.4 Å². The lowest BCUT2D eigenvalue weighted by molar-refractivity contribution is -0.122. The maximum atomic E-state index is 10.6.